The molecule has 0 aliphatic carbocycles. The van der Waals surface area contributed by atoms with Gasteiger partial charge in [-0.05, 0) is 31.0 Å². The van der Waals surface area contributed by atoms with Gasteiger partial charge in [-0.3, -0.25) is 4.79 Å². The van der Waals surface area contributed by atoms with Crippen LogP contribution in [0.25, 0.3) is 0 Å². The van der Waals surface area contributed by atoms with Crippen LogP contribution >= 0.6 is 0 Å². The minimum absolute atomic E-state index is 0.159. The van der Waals surface area contributed by atoms with Gasteiger partial charge in [0, 0.05) is 6.92 Å². The number of rotatable bonds is 1. The number of aryl methyl sites for hydroxylation is 1. The summed E-state index contributed by atoms with van der Waals surface area (Å²) >= 11 is 0. The molecule has 0 aliphatic heterocycles. The van der Waals surface area contributed by atoms with E-state index in [1.165, 1.54) is 11.9 Å². The number of nitrogens with two attached hydrogens (primary N) is 1. The normalized spacial score (nSPS) is 9.85. The van der Waals surface area contributed by atoms with Crippen LogP contribution in [-0.2, 0) is 4.79 Å². The maximum atomic E-state index is 11.0. The Labute approximate surface area is 78.1 Å². The lowest BCUT2D eigenvalue weighted by molar-refractivity contribution is -0.116. The van der Waals surface area contributed by atoms with Crippen molar-refractivity contribution in [3.63, 3.8) is 0 Å². The zero-order valence-electron chi connectivity index (χ0n) is 8.16. The number of benzene rings is 1. The Morgan fingerprint density at radius 2 is 2.00 bits per heavy atom. The number of hydrazine groups is 1. The molecule has 0 heterocycles. The molecule has 0 bridgehead atoms. The predicted molar refractivity (Wildman–Crippen MR) is 53.3 cm³/mol. The zero-order chi connectivity index (χ0) is 10.0. The monoisotopic (exact) mass is 178 g/mol. The third kappa shape index (κ3) is 1.87. The summed E-state index contributed by atoms with van der Waals surface area (Å²) in [6, 6.07) is 5.72. The Morgan fingerprint density at radius 3 is 2.54 bits per heavy atom. The lowest BCUT2D eigenvalue weighted by atomic mass is 10.1. The molecule has 0 saturated heterocycles. The molecule has 1 aromatic carbocycles. The van der Waals surface area contributed by atoms with E-state index in [2.05, 4.69) is 0 Å². The molecule has 13 heavy (non-hydrogen) atoms. The van der Waals surface area contributed by atoms with E-state index in [-0.39, 0.29) is 5.91 Å². The third-order valence-corrected chi connectivity index (χ3v) is 2.17. The Bertz CT molecular complexity index is 334. The molecule has 0 unspecified atom stereocenters. The minimum atomic E-state index is -0.159. The van der Waals surface area contributed by atoms with Gasteiger partial charge in [-0.1, -0.05) is 12.1 Å². The van der Waals surface area contributed by atoms with E-state index >= 15 is 0 Å². The number of anilines is 1. The van der Waals surface area contributed by atoms with Crippen LogP contribution in [0.4, 0.5) is 5.69 Å². The average Bonchev–Trinajstić information content (AvgIpc) is 2.08. The van der Waals surface area contributed by atoms with E-state index in [1.54, 1.807) is 0 Å². The molecule has 0 spiro atoms. The molecule has 3 nitrogen and oxygen atoms in total. The van der Waals surface area contributed by atoms with Crippen molar-refractivity contribution in [2.75, 3.05) is 5.01 Å². The van der Waals surface area contributed by atoms with Crippen LogP contribution in [0.2, 0.25) is 0 Å². The number of amides is 1. The first-order chi connectivity index (χ1) is 6.04. The number of hydrogen-bond donors (Lipinski definition) is 1. The van der Waals surface area contributed by atoms with Gasteiger partial charge < -0.3 is 0 Å². The fourth-order valence-electron chi connectivity index (χ4n) is 1.17. The van der Waals surface area contributed by atoms with Crippen LogP contribution < -0.4 is 10.9 Å². The van der Waals surface area contributed by atoms with Crippen LogP contribution in [0.15, 0.2) is 18.2 Å². The van der Waals surface area contributed by atoms with Gasteiger partial charge in [-0.25, -0.2) is 10.9 Å². The van der Waals surface area contributed by atoms with Crippen molar-refractivity contribution >= 4 is 11.6 Å². The highest BCUT2D eigenvalue weighted by Gasteiger charge is 2.09. The molecule has 0 atom stereocenters. The fraction of sp³-hybridized carbons (Fsp3) is 0.300. The maximum absolute atomic E-state index is 11.0. The van der Waals surface area contributed by atoms with Crippen LogP contribution in [0.3, 0.4) is 0 Å². The topological polar surface area (TPSA) is 46.3 Å². The Hall–Kier alpha value is -1.35. The van der Waals surface area contributed by atoms with Gasteiger partial charge in [-0.15, -0.1) is 0 Å². The molecule has 1 amide bonds. The summed E-state index contributed by atoms with van der Waals surface area (Å²) < 4.78 is 0. The zero-order valence-corrected chi connectivity index (χ0v) is 8.16. The summed E-state index contributed by atoms with van der Waals surface area (Å²) in [5.41, 5.74) is 2.95. The molecular weight excluding hydrogens is 164 g/mol. The lowest BCUT2D eigenvalue weighted by Gasteiger charge is -2.17. The summed E-state index contributed by atoms with van der Waals surface area (Å²) in [7, 11) is 0. The second-order valence-electron chi connectivity index (χ2n) is 3.11. The quantitative estimate of drug-likeness (QED) is 0.402. The molecule has 0 aromatic heterocycles. The van der Waals surface area contributed by atoms with E-state index in [0.29, 0.717) is 0 Å². The van der Waals surface area contributed by atoms with Crippen LogP contribution in [0, 0.1) is 13.8 Å². The van der Waals surface area contributed by atoms with Crippen molar-refractivity contribution in [2.24, 2.45) is 5.84 Å². The molecule has 0 aliphatic rings. The van der Waals surface area contributed by atoms with Gasteiger partial charge >= 0.3 is 0 Å². The maximum Gasteiger partial charge on any atom is 0.238 e. The molecule has 2 N–H and O–H groups in total. The van der Waals surface area contributed by atoms with E-state index in [4.69, 9.17) is 5.84 Å². The van der Waals surface area contributed by atoms with Gasteiger partial charge in [-0.2, -0.15) is 0 Å². The van der Waals surface area contributed by atoms with E-state index in [1.807, 2.05) is 32.0 Å². The largest absolute Gasteiger partial charge is 0.273 e. The highest BCUT2D eigenvalue weighted by Crippen LogP contribution is 2.20. The SMILES string of the molecule is CC(=O)N(N)c1cccc(C)c1C. The Morgan fingerprint density at radius 1 is 1.38 bits per heavy atom. The molecular formula is C10H14N2O. The van der Waals surface area contributed by atoms with Gasteiger partial charge in [0.25, 0.3) is 0 Å². The van der Waals surface area contributed by atoms with Crippen molar-refractivity contribution in [2.45, 2.75) is 20.8 Å². The number of nitrogens with zero attached hydrogens (tertiary/aromatic N) is 1. The molecule has 0 saturated carbocycles. The van der Waals surface area contributed by atoms with Crippen LogP contribution in [-0.4, -0.2) is 5.91 Å². The van der Waals surface area contributed by atoms with E-state index in [0.717, 1.165) is 16.8 Å². The smallest absolute Gasteiger partial charge is 0.238 e. The van der Waals surface area contributed by atoms with Crippen molar-refractivity contribution in [1.29, 1.82) is 0 Å². The number of carbonyl (C=O) groups excluding carboxylic acids is 1. The molecule has 70 valence electrons. The Kier molecular flexibility index (Phi) is 2.68. The van der Waals surface area contributed by atoms with Gasteiger partial charge in [0.05, 0.1) is 5.69 Å². The van der Waals surface area contributed by atoms with Crippen LogP contribution in [0.5, 0.6) is 0 Å². The second-order valence-corrected chi connectivity index (χ2v) is 3.11. The minimum Gasteiger partial charge on any atom is -0.273 e. The summed E-state index contributed by atoms with van der Waals surface area (Å²) in [4.78, 5) is 11.0. The first-order valence-electron chi connectivity index (χ1n) is 4.15. The Balaban J connectivity index is 3.15. The highest BCUT2D eigenvalue weighted by molar-refractivity contribution is 5.91. The third-order valence-electron chi connectivity index (χ3n) is 2.17. The fourth-order valence-corrected chi connectivity index (χ4v) is 1.17. The summed E-state index contributed by atoms with van der Waals surface area (Å²) in [5.74, 6) is 5.43. The van der Waals surface area contributed by atoms with Gasteiger partial charge in [0.2, 0.25) is 5.91 Å². The van der Waals surface area contributed by atoms with Crippen molar-refractivity contribution in [3.8, 4) is 0 Å². The average molecular weight is 178 g/mol. The second kappa shape index (κ2) is 3.58. The van der Waals surface area contributed by atoms with E-state index < -0.39 is 0 Å². The number of carbonyl (C=O) groups is 1. The van der Waals surface area contributed by atoms with Gasteiger partial charge in [0.15, 0.2) is 0 Å². The first-order valence-corrected chi connectivity index (χ1v) is 4.15. The highest BCUT2D eigenvalue weighted by atomic mass is 16.2. The number of hydrogen-bond acceptors (Lipinski definition) is 2. The molecule has 1 rings (SSSR count). The first kappa shape index (κ1) is 9.74. The summed E-state index contributed by atoms with van der Waals surface area (Å²) in [5, 5.41) is 1.17. The van der Waals surface area contributed by atoms with Crippen LogP contribution in [0.1, 0.15) is 18.1 Å². The summed E-state index contributed by atoms with van der Waals surface area (Å²) in [6.45, 7) is 5.39. The lowest BCUT2D eigenvalue weighted by Crippen LogP contribution is -2.36. The van der Waals surface area contributed by atoms with Crippen molar-refractivity contribution < 1.29 is 4.79 Å². The molecule has 0 fully saturated rings. The van der Waals surface area contributed by atoms with Crippen molar-refractivity contribution in [1.82, 2.24) is 0 Å². The molecule has 0 radical (unpaired) electrons. The summed E-state index contributed by atoms with van der Waals surface area (Å²) in [6.07, 6.45) is 0. The molecule has 3 heteroatoms. The van der Waals surface area contributed by atoms with Gasteiger partial charge in [0.1, 0.15) is 0 Å². The molecule has 1 aromatic rings. The van der Waals surface area contributed by atoms with E-state index in [9.17, 15) is 4.79 Å². The van der Waals surface area contributed by atoms with Crippen molar-refractivity contribution in [3.05, 3.63) is 29.3 Å². The standard InChI is InChI=1S/C10H14N2O/c1-7-5-4-6-10(8(7)2)12(11)9(3)13/h4-6H,11H2,1-3H3. The predicted octanol–water partition coefficient (Wildman–Crippen LogP) is 1.53.